The molecule has 1 aromatic carbocycles. The van der Waals surface area contributed by atoms with Gasteiger partial charge in [-0.3, -0.25) is 4.98 Å². The van der Waals surface area contributed by atoms with Crippen LogP contribution in [0.2, 0.25) is 0 Å². The van der Waals surface area contributed by atoms with Crippen LogP contribution in [0.5, 0.6) is 0 Å². The summed E-state index contributed by atoms with van der Waals surface area (Å²) in [5, 5.41) is 13.5. The third-order valence-electron chi connectivity index (χ3n) is 5.07. The van der Waals surface area contributed by atoms with Crippen LogP contribution < -0.4 is 0 Å². The van der Waals surface area contributed by atoms with E-state index in [1.54, 1.807) is 0 Å². The fourth-order valence-corrected chi connectivity index (χ4v) is 4.00. The molecule has 104 valence electrons. The Labute approximate surface area is 119 Å². The third-order valence-corrected chi connectivity index (χ3v) is 5.07. The molecular weight excluding hydrogens is 248 g/mol. The molecule has 2 atom stereocenters. The van der Waals surface area contributed by atoms with Crippen LogP contribution in [0.3, 0.4) is 0 Å². The monoisotopic (exact) mass is 268 g/mol. The normalized spacial score (nSPS) is 30.6. The predicted octanol–water partition coefficient (Wildman–Crippen LogP) is 2.68. The molecule has 0 aliphatic carbocycles. The number of aromatic nitrogens is 1. The Morgan fingerprint density at radius 1 is 1.25 bits per heavy atom. The fourth-order valence-electron chi connectivity index (χ4n) is 4.00. The van der Waals surface area contributed by atoms with Crippen LogP contribution in [-0.2, 0) is 5.60 Å². The second kappa shape index (κ2) is 4.54. The van der Waals surface area contributed by atoms with E-state index in [2.05, 4.69) is 28.1 Å². The van der Waals surface area contributed by atoms with Gasteiger partial charge < -0.3 is 10.0 Å². The van der Waals surface area contributed by atoms with E-state index >= 15 is 0 Å². The van der Waals surface area contributed by atoms with Gasteiger partial charge in [0.1, 0.15) is 0 Å². The van der Waals surface area contributed by atoms with Crippen LogP contribution in [-0.4, -0.2) is 34.1 Å². The van der Waals surface area contributed by atoms with Gasteiger partial charge in [-0.05, 0) is 49.2 Å². The summed E-state index contributed by atoms with van der Waals surface area (Å²) in [5.41, 5.74) is 0.378. The number of piperidine rings is 1. The summed E-state index contributed by atoms with van der Waals surface area (Å²) in [4.78, 5) is 6.78. The van der Waals surface area contributed by atoms with Crippen LogP contribution in [0.15, 0.2) is 36.7 Å². The van der Waals surface area contributed by atoms with Crippen LogP contribution in [0.25, 0.3) is 10.8 Å². The molecule has 3 heterocycles. The lowest BCUT2D eigenvalue weighted by Crippen LogP contribution is -2.46. The van der Waals surface area contributed by atoms with Gasteiger partial charge in [0.2, 0.25) is 0 Å². The van der Waals surface area contributed by atoms with Crippen molar-refractivity contribution in [1.82, 2.24) is 9.88 Å². The molecule has 3 heteroatoms. The van der Waals surface area contributed by atoms with Crippen molar-refractivity contribution in [2.24, 2.45) is 0 Å². The molecular formula is C17H20N2O. The first-order valence-corrected chi connectivity index (χ1v) is 7.56. The molecule has 2 aliphatic rings. The maximum Gasteiger partial charge on any atom is 0.0930 e. The SMILES string of the molecule is OC1(c2cccc3ccncc23)CCN2CCCC2C1. The largest absolute Gasteiger partial charge is 0.385 e. The van der Waals surface area contributed by atoms with Crippen molar-refractivity contribution in [3.63, 3.8) is 0 Å². The number of pyridine rings is 1. The Bertz CT molecular complexity index is 636. The van der Waals surface area contributed by atoms with Gasteiger partial charge in [-0.1, -0.05) is 18.2 Å². The predicted molar refractivity (Wildman–Crippen MR) is 79.5 cm³/mol. The van der Waals surface area contributed by atoms with Gasteiger partial charge in [0.15, 0.2) is 0 Å². The van der Waals surface area contributed by atoms with Gasteiger partial charge in [-0.25, -0.2) is 0 Å². The number of nitrogens with zero attached hydrogens (tertiary/aromatic N) is 2. The van der Waals surface area contributed by atoms with Crippen molar-refractivity contribution < 1.29 is 5.11 Å². The number of rotatable bonds is 1. The zero-order valence-corrected chi connectivity index (χ0v) is 11.6. The molecule has 0 spiro atoms. The number of hydrogen-bond acceptors (Lipinski definition) is 3. The molecule has 2 fully saturated rings. The van der Waals surface area contributed by atoms with Crippen LogP contribution >= 0.6 is 0 Å². The first-order valence-electron chi connectivity index (χ1n) is 7.56. The van der Waals surface area contributed by atoms with Crippen LogP contribution in [0, 0.1) is 0 Å². The Kier molecular flexibility index (Phi) is 2.79. The lowest BCUT2D eigenvalue weighted by Gasteiger charge is -2.41. The second-order valence-corrected chi connectivity index (χ2v) is 6.22. The highest BCUT2D eigenvalue weighted by Crippen LogP contribution is 2.41. The summed E-state index contributed by atoms with van der Waals surface area (Å²) in [6, 6.07) is 8.80. The Hall–Kier alpha value is -1.45. The third kappa shape index (κ3) is 1.85. The van der Waals surface area contributed by atoms with E-state index in [9.17, 15) is 5.11 Å². The molecule has 4 rings (SSSR count). The van der Waals surface area contributed by atoms with Gasteiger partial charge in [-0.15, -0.1) is 0 Å². The number of aliphatic hydroxyl groups is 1. The molecule has 1 aromatic heterocycles. The average Bonchev–Trinajstić information content (AvgIpc) is 2.93. The molecule has 2 aliphatic heterocycles. The van der Waals surface area contributed by atoms with Crippen molar-refractivity contribution in [2.75, 3.05) is 13.1 Å². The molecule has 3 nitrogen and oxygen atoms in total. The minimum Gasteiger partial charge on any atom is -0.385 e. The smallest absolute Gasteiger partial charge is 0.0930 e. The van der Waals surface area contributed by atoms with Crippen molar-refractivity contribution in [3.8, 4) is 0 Å². The van der Waals surface area contributed by atoms with Crippen molar-refractivity contribution in [3.05, 3.63) is 42.2 Å². The summed E-state index contributed by atoms with van der Waals surface area (Å²) in [6.07, 6.45) is 7.90. The highest BCUT2D eigenvalue weighted by molar-refractivity contribution is 5.85. The average molecular weight is 268 g/mol. The first-order chi connectivity index (χ1) is 9.76. The Morgan fingerprint density at radius 3 is 3.15 bits per heavy atom. The molecule has 2 saturated heterocycles. The van der Waals surface area contributed by atoms with Crippen molar-refractivity contribution >= 4 is 10.8 Å². The van der Waals surface area contributed by atoms with E-state index in [1.807, 2.05) is 18.5 Å². The minimum atomic E-state index is -0.686. The number of benzene rings is 1. The zero-order valence-electron chi connectivity index (χ0n) is 11.6. The van der Waals surface area contributed by atoms with Crippen LogP contribution in [0.4, 0.5) is 0 Å². The van der Waals surface area contributed by atoms with Crippen LogP contribution in [0.1, 0.15) is 31.2 Å². The quantitative estimate of drug-likeness (QED) is 0.864. The molecule has 1 N–H and O–H groups in total. The summed E-state index contributed by atoms with van der Waals surface area (Å²) >= 11 is 0. The summed E-state index contributed by atoms with van der Waals surface area (Å²) < 4.78 is 0. The van der Waals surface area contributed by atoms with Crippen molar-refractivity contribution in [1.29, 1.82) is 0 Å². The molecule has 2 unspecified atom stereocenters. The van der Waals surface area contributed by atoms with Gasteiger partial charge in [-0.2, -0.15) is 0 Å². The first kappa shape index (κ1) is 12.3. The van der Waals surface area contributed by atoms with E-state index in [-0.39, 0.29) is 0 Å². The molecule has 0 bridgehead atoms. The molecule has 20 heavy (non-hydrogen) atoms. The maximum absolute atomic E-state index is 11.2. The van der Waals surface area contributed by atoms with Crippen molar-refractivity contribution in [2.45, 2.75) is 37.3 Å². The molecule has 0 saturated carbocycles. The Balaban J connectivity index is 1.78. The van der Waals surface area contributed by atoms with Gasteiger partial charge in [0, 0.05) is 30.4 Å². The minimum absolute atomic E-state index is 0.556. The van der Waals surface area contributed by atoms with E-state index < -0.39 is 5.60 Å². The van der Waals surface area contributed by atoms with E-state index in [0.29, 0.717) is 6.04 Å². The Morgan fingerprint density at radius 2 is 2.20 bits per heavy atom. The molecule has 0 radical (unpaired) electrons. The maximum atomic E-state index is 11.2. The molecule has 0 amide bonds. The van der Waals surface area contributed by atoms with E-state index in [1.165, 1.54) is 24.8 Å². The number of fused-ring (bicyclic) bond motifs is 2. The van der Waals surface area contributed by atoms with Gasteiger partial charge >= 0.3 is 0 Å². The molecule has 2 aromatic rings. The topological polar surface area (TPSA) is 36.4 Å². The standard InChI is InChI=1S/C17H20N2O/c20-17(7-10-19-9-2-4-14(19)11-17)16-5-1-3-13-6-8-18-12-15(13)16/h1,3,5-6,8,12,14,20H,2,4,7,9-11H2. The van der Waals surface area contributed by atoms with Gasteiger partial charge in [0.05, 0.1) is 5.60 Å². The summed E-state index contributed by atoms with van der Waals surface area (Å²) in [5.74, 6) is 0. The highest BCUT2D eigenvalue weighted by atomic mass is 16.3. The van der Waals surface area contributed by atoms with E-state index in [0.717, 1.165) is 30.3 Å². The lowest BCUT2D eigenvalue weighted by atomic mass is 9.79. The highest BCUT2D eigenvalue weighted by Gasteiger charge is 2.41. The van der Waals surface area contributed by atoms with Gasteiger partial charge in [0.25, 0.3) is 0 Å². The lowest BCUT2D eigenvalue weighted by molar-refractivity contribution is -0.0397. The number of hydrogen-bond donors (Lipinski definition) is 1. The zero-order chi connectivity index (χ0) is 13.6. The summed E-state index contributed by atoms with van der Waals surface area (Å²) in [6.45, 7) is 2.22. The summed E-state index contributed by atoms with van der Waals surface area (Å²) in [7, 11) is 0. The second-order valence-electron chi connectivity index (χ2n) is 6.22. The fraction of sp³-hybridized carbons (Fsp3) is 0.471. The van der Waals surface area contributed by atoms with E-state index in [4.69, 9.17) is 0 Å².